The number of nitrogens with zero attached hydrogens (tertiary/aromatic N) is 1. The second-order valence-electron chi connectivity index (χ2n) is 8.67. The second kappa shape index (κ2) is 10.7. The normalized spacial score (nSPS) is 19.0. The van der Waals surface area contributed by atoms with Gasteiger partial charge in [-0.15, -0.1) is 11.3 Å². The van der Waals surface area contributed by atoms with Gasteiger partial charge in [0.2, 0.25) is 0 Å². The molecule has 0 N–H and O–H groups in total. The van der Waals surface area contributed by atoms with E-state index in [1.807, 2.05) is 17.5 Å². The van der Waals surface area contributed by atoms with E-state index in [-0.39, 0.29) is 12.5 Å². The van der Waals surface area contributed by atoms with Gasteiger partial charge in [0.1, 0.15) is 0 Å². The summed E-state index contributed by atoms with van der Waals surface area (Å²) in [4.78, 5) is 27.7. The van der Waals surface area contributed by atoms with Gasteiger partial charge in [-0.1, -0.05) is 11.6 Å². The molecule has 1 aromatic rings. The van der Waals surface area contributed by atoms with Crippen LogP contribution >= 0.6 is 11.3 Å². The number of aryl methyl sites for hydroxylation is 1. The predicted octanol–water partition coefficient (Wildman–Crippen LogP) is 5.62. The first-order chi connectivity index (χ1) is 14.8. The fourth-order valence-electron chi connectivity index (χ4n) is 4.47. The van der Waals surface area contributed by atoms with Crippen LogP contribution in [-0.2, 0) is 20.7 Å². The van der Waals surface area contributed by atoms with Gasteiger partial charge in [0.25, 0.3) is 5.91 Å². The van der Waals surface area contributed by atoms with Gasteiger partial charge in [0.15, 0.2) is 0 Å². The number of rotatable bonds is 10. The lowest BCUT2D eigenvalue weighted by molar-refractivity contribution is -0.160. The average Bonchev–Trinajstić information content (AvgIpc) is 3.47. The Morgan fingerprint density at radius 2 is 1.97 bits per heavy atom. The van der Waals surface area contributed by atoms with E-state index in [2.05, 4.69) is 0 Å². The minimum Gasteiger partial charge on any atom is -0.463 e. The van der Waals surface area contributed by atoms with E-state index >= 15 is 8.78 Å². The van der Waals surface area contributed by atoms with Crippen molar-refractivity contribution in [3.8, 4) is 0 Å². The fourth-order valence-corrected chi connectivity index (χ4v) is 5.18. The molecular formula is C24H33F2NO3S. The molecule has 0 bridgehead atoms. The molecule has 172 valence electrons. The highest BCUT2D eigenvalue weighted by Crippen LogP contribution is 2.46. The predicted molar refractivity (Wildman–Crippen MR) is 118 cm³/mol. The first kappa shape index (κ1) is 23.9. The Balaban J connectivity index is 1.80. The molecule has 7 heteroatoms. The van der Waals surface area contributed by atoms with Crippen molar-refractivity contribution in [3.63, 3.8) is 0 Å². The first-order valence-corrected chi connectivity index (χ1v) is 12.3. The molecule has 3 rings (SSSR count). The van der Waals surface area contributed by atoms with Gasteiger partial charge in [-0.3, -0.25) is 4.79 Å². The third-order valence-corrected chi connectivity index (χ3v) is 7.32. The number of thiophene rings is 1. The maximum atomic E-state index is 15.1. The number of amides is 1. The van der Waals surface area contributed by atoms with Crippen LogP contribution in [0.25, 0.3) is 0 Å². The zero-order valence-electron chi connectivity index (χ0n) is 18.5. The molecule has 1 atom stereocenters. The minimum atomic E-state index is -3.42. The number of halogens is 2. The zero-order chi connectivity index (χ0) is 22.4. The molecule has 1 saturated carbocycles. The summed E-state index contributed by atoms with van der Waals surface area (Å²) in [6.45, 7) is 4.59. The maximum Gasteiger partial charge on any atom is 0.333 e. The Hall–Kier alpha value is -1.76. The van der Waals surface area contributed by atoms with Crippen molar-refractivity contribution in [2.24, 2.45) is 11.8 Å². The van der Waals surface area contributed by atoms with Crippen LogP contribution < -0.4 is 0 Å². The zero-order valence-corrected chi connectivity index (χ0v) is 19.3. The molecule has 2 fully saturated rings. The van der Waals surface area contributed by atoms with Gasteiger partial charge in [0.05, 0.1) is 6.61 Å². The van der Waals surface area contributed by atoms with Crippen molar-refractivity contribution in [1.29, 1.82) is 0 Å². The van der Waals surface area contributed by atoms with Gasteiger partial charge in [-0.25, -0.2) is 4.79 Å². The van der Waals surface area contributed by atoms with Crippen molar-refractivity contribution in [2.45, 2.75) is 71.1 Å². The molecule has 0 radical (unpaired) electrons. The topological polar surface area (TPSA) is 46.6 Å². The Labute approximate surface area is 187 Å². The smallest absolute Gasteiger partial charge is 0.333 e. The average molecular weight is 454 g/mol. The van der Waals surface area contributed by atoms with Crippen LogP contribution in [0.2, 0.25) is 0 Å². The molecule has 0 spiro atoms. The summed E-state index contributed by atoms with van der Waals surface area (Å²) in [7, 11) is 0. The van der Waals surface area contributed by atoms with E-state index in [0.717, 1.165) is 37.0 Å². The number of carbonyl (C=O) groups excluding carboxylic acids is 2. The van der Waals surface area contributed by atoms with Crippen molar-refractivity contribution in [2.75, 3.05) is 19.7 Å². The molecule has 1 unspecified atom stereocenters. The fraction of sp³-hybridized carbons (Fsp3) is 0.667. The molecular weight excluding hydrogens is 420 g/mol. The van der Waals surface area contributed by atoms with Gasteiger partial charge < -0.3 is 9.64 Å². The third kappa shape index (κ3) is 6.37. The molecule has 1 aromatic heterocycles. The van der Waals surface area contributed by atoms with Crippen LogP contribution in [0, 0.1) is 11.8 Å². The summed E-state index contributed by atoms with van der Waals surface area (Å²) in [5.74, 6) is -5.27. The number of carbonyl (C=O) groups is 2. The number of esters is 1. The quantitative estimate of drug-likeness (QED) is 0.341. The molecule has 4 nitrogen and oxygen atoms in total. The number of hydrogen-bond donors (Lipinski definition) is 0. The van der Waals surface area contributed by atoms with E-state index in [1.165, 1.54) is 4.90 Å². The van der Waals surface area contributed by atoms with Crippen LogP contribution in [-0.4, -0.2) is 42.4 Å². The summed E-state index contributed by atoms with van der Waals surface area (Å²) in [5, 5.41) is 1.98. The van der Waals surface area contributed by atoms with Gasteiger partial charge in [0, 0.05) is 30.0 Å². The number of alkyl halides is 2. The Kier molecular flexibility index (Phi) is 8.25. The van der Waals surface area contributed by atoms with E-state index < -0.39 is 30.1 Å². The molecule has 2 aliphatic rings. The Bertz CT molecular complexity index is 781. The van der Waals surface area contributed by atoms with E-state index in [1.54, 1.807) is 25.2 Å². The monoisotopic (exact) mass is 453 g/mol. The number of hydrogen-bond acceptors (Lipinski definition) is 4. The molecule has 2 heterocycles. The highest BCUT2D eigenvalue weighted by Gasteiger charge is 2.48. The largest absolute Gasteiger partial charge is 0.463 e. The van der Waals surface area contributed by atoms with Crippen LogP contribution in [0.15, 0.2) is 28.7 Å². The Morgan fingerprint density at radius 3 is 2.55 bits per heavy atom. The van der Waals surface area contributed by atoms with Crippen LogP contribution in [0.4, 0.5) is 8.78 Å². The lowest BCUT2D eigenvalue weighted by atomic mass is 9.84. The van der Waals surface area contributed by atoms with E-state index in [9.17, 15) is 9.59 Å². The molecule has 0 aromatic carbocycles. The van der Waals surface area contributed by atoms with E-state index in [4.69, 9.17) is 4.74 Å². The summed E-state index contributed by atoms with van der Waals surface area (Å²) >= 11 is 1.61. The number of piperidine rings is 1. The highest BCUT2D eigenvalue weighted by molar-refractivity contribution is 7.09. The number of allylic oxidation sites excluding steroid dienone is 1. The van der Waals surface area contributed by atoms with Crippen molar-refractivity contribution in [1.82, 2.24) is 4.90 Å². The number of ether oxygens (including phenoxy) is 1. The molecule has 1 saturated heterocycles. The van der Waals surface area contributed by atoms with E-state index in [0.29, 0.717) is 37.1 Å². The van der Waals surface area contributed by atoms with Gasteiger partial charge in [-0.05, 0) is 82.1 Å². The van der Waals surface area contributed by atoms with Crippen molar-refractivity contribution >= 4 is 23.2 Å². The molecule has 1 aliphatic heterocycles. The Morgan fingerprint density at radius 1 is 1.26 bits per heavy atom. The molecule has 1 aliphatic carbocycles. The van der Waals surface area contributed by atoms with Crippen LogP contribution in [0.1, 0.15) is 63.7 Å². The van der Waals surface area contributed by atoms with Gasteiger partial charge in [-0.2, -0.15) is 8.78 Å². The van der Waals surface area contributed by atoms with Crippen LogP contribution in [0.3, 0.4) is 0 Å². The lowest BCUT2D eigenvalue weighted by Gasteiger charge is -2.32. The summed E-state index contributed by atoms with van der Waals surface area (Å²) in [6, 6.07) is 3.97. The highest BCUT2D eigenvalue weighted by atomic mass is 32.1. The summed E-state index contributed by atoms with van der Waals surface area (Å²) in [6.07, 6.45) is 4.86. The molecule has 1 amide bonds. The maximum absolute atomic E-state index is 15.1. The van der Waals surface area contributed by atoms with Gasteiger partial charge >= 0.3 is 11.9 Å². The first-order valence-electron chi connectivity index (χ1n) is 11.4. The van der Waals surface area contributed by atoms with Crippen LogP contribution in [0.5, 0.6) is 0 Å². The molecule has 31 heavy (non-hydrogen) atoms. The van der Waals surface area contributed by atoms with Crippen molar-refractivity contribution in [3.05, 3.63) is 33.5 Å². The summed E-state index contributed by atoms with van der Waals surface area (Å²) in [5.41, 5.74) is 1.16. The minimum absolute atomic E-state index is 0.103. The van der Waals surface area contributed by atoms with Crippen molar-refractivity contribution < 1.29 is 23.1 Å². The SMILES string of the molecule is CCOC(=O)/C(CCc1cccs1)=C(/C)C(CC(F)(F)C(=O)N1CCCCC1)C1CC1. The summed E-state index contributed by atoms with van der Waals surface area (Å²) < 4.78 is 35.4. The standard InChI is InChI=1S/C24H33F2NO3S/c1-3-30-22(28)20(12-11-19-8-7-15-31-19)17(2)21(18-9-10-18)16-24(25,26)23(29)27-13-5-4-6-14-27/h7-8,15,18,21H,3-6,9-14,16H2,1-2H3/b20-17-. The third-order valence-electron chi connectivity index (χ3n) is 6.38. The second-order valence-corrected chi connectivity index (χ2v) is 9.70. The number of likely N-dealkylation sites (tertiary alicyclic amines) is 1. The lowest BCUT2D eigenvalue weighted by Crippen LogP contribution is -2.47.